The van der Waals surface area contributed by atoms with Gasteiger partial charge in [0.1, 0.15) is 0 Å². The lowest BCUT2D eigenvalue weighted by Gasteiger charge is -2.31. The summed E-state index contributed by atoms with van der Waals surface area (Å²) >= 11 is 0. The summed E-state index contributed by atoms with van der Waals surface area (Å²) in [6, 6.07) is 11.8. The van der Waals surface area contributed by atoms with Gasteiger partial charge in [-0.3, -0.25) is 14.7 Å². The molecule has 25 heavy (non-hydrogen) atoms. The Balaban J connectivity index is 1.69. The van der Waals surface area contributed by atoms with Crippen LogP contribution in [0.5, 0.6) is 0 Å². The van der Waals surface area contributed by atoms with Crippen LogP contribution in [0.2, 0.25) is 0 Å². The van der Waals surface area contributed by atoms with Gasteiger partial charge in [0.15, 0.2) is 0 Å². The lowest BCUT2D eigenvalue weighted by Crippen LogP contribution is -2.37. The van der Waals surface area contributed by atoms with Crippen LogP contribution in [0.1, 0.15) is 36.9 Å². The molecule has 0 saturated heterocycles. The van der Waals surface area contributed by atoms with Crippen LogP contribution < -0.4 is 0 Å². The third-order valence-corrected chi connectivity index (χ3v) is 4.87. The molecule has 6 nitrogen and oxygen atoms in total. The van der Waals surface area contributed by atoms with Gasteiger partial charge in [0.25, 0.3) is 0 Å². The maximum Gasteiger partial charge on any atom is 0.306 e. The van der Waals surface area contributed by atoms with Gasteiger partial charge in [0.05, 0.1) is 18.2 Å². The molecule has 2 N–H and O–H groups in total. The molecular formula is C19H23N3O3. The van der Waals surface area contributed by atoms with E-state index < -0.39 is 5.97 Å². The Labute approximate surface area is 146 Å². The number of benzene rings is 1. The molecule has 1 fully saturated rings. The van der Waals surface area contributed by atoms with Gasteiger partial charge in [0.2, 0.25) is 5.91 Å². The number of aromatic amines is 1. The Kier molecular flexibility index (Phi) is 5.48. The number of hydrogen-bond acceptors (Lipinski definition) is 3. The van der Waals surface area contributed by atoms with Gasteiger partial charge in [-0.2, -0.15) is 5.10 Å². The minimum atomic E-state index is -0.746. The number of carbonyl (C=O) groups is 2. The van der Waals surface area contributed by atoms with Gasteiger partial charge in [-0.15, -0.1) is 0 Å². The molecule has 0 radical (unpaired) electrons. The molecule has 1 aromatic carbocycles. The van der Waals surface area contributed by atoms with Crippen LogP contribution in [-0.4, -0.2) is 32.1 Å². The molecule has 6 heteroatoms. The number of amides is 1. The molecule has 0 atom stereocenters. The maximum atomic E-state index is 13.0. The Bertz CT molecular complexity index is 692. The summed E-state index contributed by atoms with van der Waals surface area (Å²) in [6.07, 6.45) is 4.12. The Hall–Kier alpha value is -2.63. The summed E-state index contributed by atoms with van der Waals surface area (Å²) in [5.74, 6) is -1.05. The normalized spacial score (nSPS) is 20.2. The molecule has 1 aliphatic rings. The van der Waals surface area contributed by atoms with Crippen molar-refractivity contribution in [2.75, 3.05) is 0 Å². The third-order valence-electron chi connectivity index (χ3n) is 4.87. The number of hydrogen-bond donors (Lipinski definition) is 2. The van der Waals surface area contributed by atoms with E-state index in [1.807, 2.05) is 41.3 Å². The first-order valence-corrected chi connectivity index (χ1v) is 8.67. The van der Waals surface area contributed by atoms with E-state index >= 15 is 0 Å². The monoisotopic (exact) mass is 341 g/mol. The van der Waals surface area contributed by atoms with Crippen molar-refractivity contribution < 1.29 is 14.7 Å². The molecule has 3 rings (SSSR count). The second kappa shape index (κ2) is 7.96. The highest BCUT2D eigenvalue weighted by Crippen LogP contribution is 2.31. The van der Waals surface area contributed by atoms with Gasteiger partial charge in [-0.25, -0.2) is 0 Å². The van der Waals surface area contributed by atoms with Crippen LogP contribution in [-0.2, 0) is 22.7 Å². The SMILES string of the molecule is O=C(O)C1CCC(C(=O)N(Cc2ccccc2)Cc2ccn[nH]2)CC1. The first-order chi connectivity index (χ1) is 12.1. The Morgan fingerprint density at radius 3 is 2.32 bits per heavy atom. The van der Waals surface area contributed by atoms with Crippen molar-refractivity contribution in [2.24, 2.45) is 11.8 Å². The molecule has 0 spiro atoms. The molecular weight excluding hydrogens is 318 g/mol. The van der Waals surface area contributed by atoms with Crippen molar-refractivity contribution in [2.45, 2.75) is 38.8 Å². The number of H-pyrrole nitrogens is 1. The molecule has 1 heterocycles. The predicted octanol–water partition coefficient (Wildman–Crippen LogP) is 2.83. The number of carboxylic acid groups (broad SMARTS) is 1. The fourth-order valence-electron chi connectivity index (χ4n) is 3.44. The molecule has 0 unspecified atom stereocenters. The van der Waals surface area contributed by atoms with Crippen LogP contribution in [0.4, 0.5) is 0 Å². The number of nitrogens with one attached hydrogen (secondary N) is 1. The fraction of sp³-hybridized carbons (Fsp3) is 0.421. The highest BCUT2D eigenvalue weighted by molar-refractivity contribution is 5.79. The standard InChI is InChI=1S/C19H23N3O3/c23-18(15-6-8-16(9-7-15)19(24)25)22(13-17-10-11-20-21-17)12-14-4-2-1-3-5-14/h1-5,10-11,15-16H,6-9,12-13H2,(H,20,21)(H,24,25). The zero-order valence-electron chi connectivity index (χ0n) is 14.1. The summed E-state index contributed by atoms with van der Waals surface area (Å²) in [5.41, 5.74) is 1.97. The topological polar surface area (TPSA) is 86.3 Å². The van der Waals surface area contributed by atoms with Gasteiger partial charge >= 0.3 is 5.97 Å². The smallest absolute Gasteiger partial charge is 0.306 e. The lowest BCUT2D eigenvalue weighted by molar-refractivity contribution is -0.146. The highest BCUT2D eigenvalue weighted by atomic mass is 16.4. The largest absolute Gasteiger partial charge is 0.481 e. The molecule has 1 aromatic heterocycles. The lowest BCUT2D eigenvalue weighted by atomic mass is 9.81. The molecule has 1 amide bonds. The van der Waals surface area contributed by atoms with Crippen LogP contribution >= 0.6 is 0 Å². The molecule has 1 aliphatic carbocycles. The van der Waals surface area contributed by atoms with Crippen molar-refractivity contribution in [1.29, 1.82) is 0 Å². The first kappa shape index (κ1) is 17.2. The molecule has 0 bridgehead atoms. The summed E-state index contributed by atoms with van der Waals surface area (Å²) in [5, 5.41) is 16.0. The van der Waals surface area contributed by atoms with Gasteiger partial charge in [-0.05, 0) is 37.3 Å². The van der Waals surface area contributed by atoms with Gasteiger partial charge < -0.3 is 10.0 Å². The first-order valence-electron chi connectivity index (χ1n) is 8.67. The van der Waals surface area contributed by atoms with Crippen LogP contribution in [0.15, 0.2) is 42.6 Å². The zero-order valence-corrected chi connectivity index (χ0v) is 14.1. The summed E-state index contributed by atoms with van der Waals surface area (Å²) in [6.45, 7) is 1.02. The van der Waals surface area contributed by atoms with E-state index in [2.05, 4.69) is 10.2 Å². The minimum absolute atomic E-state index is 0.0952. The van der Waals surface area contributed by atoms with E-state index in [0.717, 1.165) is 11.3 Å². The highest BCUT2D eigenvalue weighted by Gasteiger charge is 2.32. The summed E-state index contributed by atoms with van der Waals surface area (Å²) < 4.78 is 0. The van der Waals surface area contributed by atoms with E-state index in [1.165, 1.54) is 0 Å². The average Bonchev–Trinajstić information content (AvgIpc) is 3.14. The minimum Gasteiger partial charge on any atom is -0.481 e. The van der Waals surface area contributed by atoms with E-state index in [4.69, 9.17) is 5.11 Å². The van der Waals surface area contributed by atoms with E-state index in [-0.39, 0.29) is 17.7 Å². The number of aliphatic carboxylic acids is 1. The zero-order chi connectivity index (χ0) is 17.6. The second-order valence-corrected chi connectivity index (χ2v) is 6.65. The van der Waals surface area contributed by atoms with Gasteiger partial charge in [-0.1, -0.05) is 30.3 Å². The number of carbonyl (C=O) groups excluding carboxylic acids is 1. The van der Waals surface area contributed by atoms with Crippen molar-refractivity contribution >= 4 is 11.9 Å². The second-order valence-electron chi connectivity index (χ2n) is 6.65. The average molecular weight is 341 g/mol. The van der Waals surface area contributed by atoms with E-state index in [9.17, 15) is 9.59 Å². The maximum absolute atomic E-state index is 13.0. The van der Waals surface area contributed by atoms with Crippen molar-refractivity contribution in [1.82, 2.24) is 15.1 Å². The quantitative estimate of drug-likeness (QED) is 0.846. The number of rotatable bonds is 6. The van der Waals surface area contributed by atoms with Crippen molar-refractivity contribution in [3.8, 4) is 0 Å². The van der Waals surface area contributed by atoms with Crippen LogP contribution in [0.25, 0.3) is 0 Å². The fourth-order valence-corrected chi connectivity index (χ4v) is 3.44. The number of aromatic nitrogens is 2. The van der Waals surface area contributed by atoms with E-state index in [0.29, 0.717) is 38.8 Å². The van der Waals surface area contributed by atoms with Crippen molar-refractivity contribution in [3.05, 3.63) is 53.9 Å². The number of nitrogens with zero attached hydrogens (tertiary/aromatic N) is 2. The molecule has 0 aliphatic heterocycles. The van der Waals surface area contributed by atoms with Crippen LogP contribution in [0, 0.1) is 11.8 Å². The third kappa shape index (κ3) is 4.47. The predicted molar refractivity (Wildman–Crippen MR) is 92.4 cm³/mol. The van der Waals surface area contributed by atoms with Gasteiger partial charge in [0, 0.05) is 18.7 Å². The molecule has 132 valence electrons. The Morgan fingerprint density at radius 2 is 1.72 bits per heavy atom. The number of carboxylic acids is 1. The Morgan fingerprint density at radius 1 is 1.04 bits per heavy atom. The summed E-state index contributed by atoms with van der Waals surface area (Å²) in [7, 11) is 0. The summed E-state index contributed by atoms with van der Waals surface area (Å²) in [4.78, 5) is 26.0. The van der Waals surface area contributed by atoms with Crippen molar-refractivity contribution in [3.63, 3.8) is 0 Å². The molecule has 1 saturated carbocycles. The van der Waals surface area contributed by atoms with E-state index in [1.54, 1.807) is 6.20 Å². The molecule has 2 aromatic rings. The van der Waals surface area contributed by atoms with Crippen LogP contribution in [0.3, 0.4) is 0 Å².